The molecule has 5 heteroatoms. The minimum absolute atomic E-state index is 0.297. The highest BCUT2D eigenvalue weighted by Crippen LogP contribution is 2.03. The van der Waals surface area contributed by atoms with Crippen LogP contribution in [0.1, 0.15) is 0 Å². The number of aliphatic carboxylic acids is 1. The first-order valence-corrected chi connectivity index (χ1v) is 4.89. The third-order valence-corrected chi connectivity index (χ3v) is 2.44. The van der Waals surface area contributed by atoms with Gasteiger partial charge in [-0.3, -0.25) is 9.69 Å². The molecule has 0 aromatic heterocycles. The van der Waals surface area contributed by atoms with Crippen molar-refractivity contribution in [3.8, 4) is 0 Å². The van der Waals surface area contributed by atoms with Gasteiger partial charge in [0, 0.05) is 39.8 Å². The van der Waals surface area contributed by atoms with Crippen molar-refractivity contribution in [1.29, 1.82) is 0 Å². The number of nitrogens with zero attached hydrogens (tertiary/aromatic N) is 1. The summed E-state index contributed by atoms with van der Waals surface area (Å²) in [5.74, 6) is -1.02. The Labute approximate surface area is 84.0 Å². The van der Waals surface area contributed by atoms with Crippen LogP contribution in [-0.2, 0) is 9.53 Å². The van der Waals surface area contributed by atoms with Crippen LogP contribution in [0.25, 0.3) is 0 Å². The Morgan fingerprint density at radius 2 is 2.50 bits per heavy atom. The van der Waals surface area contributed by atoms with Crippen molar-refractivity contribution < 1.29 is 14.6 Å². The first kappa shape index (κ1) is 11.4. The molecular weight excluding hydrogens is 184 g/mol. The predicted octanol–water partition coefficient (Wildman–Crippen LogP) is -0.761. The zero-order valence-corrected chi connectivity index (χ0v) is 8.53. The molecule has 0 saturated carbocycles. The van der Waals surface area contributed by atoms with Gasteiger partial charge in [-0.15, -0.1) is 0 Å². The molecule has 1 saturated heterocycles. The lowest BCUT2D eigenvalue weighted by Gasteiger charge is -2.21. The van der Waals surface area contributed by atoms with Gasteiger partial charge >= 0.3 is 5.97 Å². The summed E-state index contributed by atoms with van der Waals surface area (Å²) in [5.41, 5.74) is 0. The molecule has 0 amide bonds. The molecule has 1 fully saturated rings. The van der Waals surface area contributed by atoms with Crippen molar-refractivity contribution in [3.05, 3.63) is 0 Å². The van der Waals surface area contributed by atoms with Crippen LogP contribution in [-0.4, -0.2) is 62.4 Å². The topological polar surface area (TPSA) is 61.8 Å². The van der Waals surface area contributed by atoms with Crippen LogP contribution in [0.5, 0.6) is 0 Å². The van der Waals surface area contributed by atoms with Gasteiger partial charge in [0.05, 0.1) is 12.5 Å². The average Bonchev–Trinajstić information content (AvgIpc) is 2.39. The number of carboxylic acid groups (broad SMARTS) is 1. The van der Waals surface area contributed by atoms with Gasteiger partial charge in [-0.05, 0) is 0 Å². The average molecular weight is 202 g/mol. The minimum Gasteiger partial charge on any atom is -0.481 e. The van der Waals surface area contributed by atoms with E-state index in [1.807, 2.05) is 0 Å². The van der Waals surface area contributed by atoms with Gasteiger partial charge in [-0.25, -0.2) is 0 Å². The van der Waals surface area contributed by atoms with Crippen LogP contribution in [0.3, 0.4) is 0 Å². The molecule has 1 unspecified atom stereocenters. The fraction of sp³-hybridized carbons (Fsp3) is 0.889. The number of hydrogen-bond acceptors (Lipinski definition) is 4. The zero-order valence-electron chi connectivity index (χ0n) is 8.53. The Balaban J connectivity index is 2.38. The number of carboxylic acids is 1. The molecule has 0 aromatic rings. The molecule has 0 bridgehead atoms. The molecule has 2 N–H and O–H groups in total. The molecule has 14 heavy (non-hydrogen) atoms. The first-order valence-electron chi connectivity index (χ1n) is 4.89. The fourth-order valence-corrected chi connectivity index (χ4v) is 1.57. The molecule has 82 valence electrons. The first-order chi connectivity index (χ1) is 6.74. The van der Waals surface area contributed by atoms with Crippen molar-refractivity contribution in [2.75, 3.05) is 46.4 Å². The quantitative estimate of drug-likeness (QED) is 0.627. The highest BCUT2D eigenvalue weighted by molar-refractivity contribution is 5.70. The minimum atomic E-state index is -0.721. The van der Waals surface area contributed by atoms with Crippen LogP contribution in [0.15, 0.2) is 0 Å². The van der Waals surface area contributed by atoms with Crippen LogP contribution in [0, 0.1) is 5.92 Å². The summed E-state index contributed by atoms with van der Waals surface area (Å²) in [5, 5.41) is 12.0. The second-order valence-electron chi connectivity index (χ2n) is 3.53. The molecule has 1 rings (SSSR count). The van der Waals surface area contributed by atoms with Crippen molar-refractivity contribution in [2.45, 2.75) is 0 Å². The van der Waals surface area contributed by atoms with Crippen LogP contribution in [0.2, 0.25) is 0 Å². The number of methoxy groups -OCH3 is 1. The number of rotatable bonds is 4. The molecule has 1 atom stereocenters. The number of nitrogens with one attached hydrogen (secondary N) is 1. The fourth-order valence-electron chi connectivity index (χ4n) is 1.57. The Bertz CT molecular complexity index is 187. The lowest BCUT2D eigenvalue weighted by Crippen LogP contribution is -2.35. The number of ether oxygens (including phenoxy) is 1. The summed E-state index contributed by atoms with van der Waals surface area (Å²) < 4.78 is 4.97. The maximum atomic E-state index is 10.8. The highest BCUT2D eigenvalue weighted by Gasteiger charge is 2.22. The maximum absolute atomic E-state index is 10.8. The summed E-state index contributed by atoms with van der Waals surface area (Å²) in [7, 11) is 1.66. The third kappa shape index (κ3) is 3.61. The van der Waals surface area contributed by atoms with Gasteiger partial charge in [0.25, 0.3) is 0 Å². The van der Waals surface area contributed by atoms with E-state index in [1.54, 1.807) is 7.11 Å². The lowest BCUT2D eigenvalue weighted by molar-refractivity contribution is -0.142. The molecule has 0 aromatic carbocycles. The third-order valence-electron chi connectivity index (χ3n) is 2.44. The van der Waals surface area contributed by atoms with E-state index in [4.69, 9.17) is 9.84 Å². The molecule has 0 spiro atoms. The maximum Gasteiger partial charge on any atom is 0.309 e. The Morgan fingerprint density at radius 3 is 3.14 bits per heavy atom. The Morgan fingerprint density at radius 1 is 1.71 bits per heavy atom. The van der Waals surface area contributed by atoms with Gasteiger partial charge in [-0.1, -0.05) is 0 Å². The van der Waals surface area contributed by atoms with E-state index < -0.39 is 5.97 Å². The second-order valence-corrected chi connectivity index (χ2v) is 3.53. The van der Waals surface area contributed by atoms with Gasteiger partial charge in [0.1, 0.15) is 0 Å². The second kappa shape index (κ2) is 5.95. The summed E-state index contributed by atoms with van der Waals surface area (Å²) in [6.07, 6.45) is 0. The van der Waals surface area contributed by atoms with E-state index in [9.17, 15) is 4.79 Å². The Hall–Kier alpha value is -0.650. The van der Waals surface area contributed by atoms with E-state index >= 15 is 0 Å². The Kier molecular flexibility index (Phi) is 4.86. The SMILES string of the molecule is COCCN1CCNCC(C(=O)O)C1. The van der Waals surface area contributed by atoms with E-state index in [-0.39, 0.29) is 5.92 Å². The van der Waals surface area contributed by atoms with Crippen LogP contribution >= 0.6 is 0 Å². The van der Waals surface area contributed by atoms with Gasteiger partial charge in [0.15, 0.2) is 0 Å². The summed E-state index contributed by atoms with van der Waals surface area (Å²) in [4.78, 5) is 13.0. The van der Waals surface area contributed by atoms with E-state index in [1.165, 1.54) is 0 Å². The molecule has 1 aliphatic rings. The molecule has 1 heterocycles. The lowest BCUT2D eigenvalue weighted by atomic mass is 10.1. The van der Waals surface area contributed by atoms with Crippen molar-refractivity contribution in [1.82, 2.24) is 10.2 Å². The summed E-state index contributed by atoms with van der Waals surface area (Å²) in [6.45, 7) is 4.40. The normalized spacial score (nSPS) is 24.5. The van der Waals surface area contributed by atoms with Crippen molar-refractivity contribution in [2.24, 2.45) is 5.92 Å². The zero-order chi connectivity index (χ0) is 10.4. The largest absolute Gasteiger partial charge is 0.481 e. The van der Waals surface area contributed by atoms with E-state index in [0.717, 1.165) is 19.6 Å². The molecule has 0 aliphatic carbocycles. The van der Waals surface area contributed by atoms with Crippen LogP contribution < -0.4 is 5.32 Å². The van der Waals surface area contributed by atoms with Gasteiger partial charge < -0.3 is 15.2 Å². The van der Waals surface area contributed by atoms with Crippen LogP contribution in [0.4, 0.5) is 0 Å². The van der Waals surface area contributed by atoms with E-state index in [2.05, 4.69) is 10.2 Å². The predicted molar refractivity (Wildman–Crippen MR) is 52.3 cm³/mol. The summed E-state index contributed by atoms with van der Waals surface area (Å²) in [6, 6.07) is 0. The smallest absolute Gasteiger partial charge is 0.309 e. The molecule has 0 radical (unpaired) electrons. The standard InChI is InChI=1S/C9H18N2O3/c1-14-5-4-11-3-2-10-6-8(7-11)9(12)13/h8,10H,2-7H2,1H3,(H,12,13). The highest BCUT2D eigenvalue weighted by atomic mass is 16.5. The van der Waals surface area contributed by atoms with Gasteiger partial charge in [0.2, 0.25) is 0 Å². The molecule has 1 aliphatic heterocycles. The number of carbonyl (C=O) groups is 1. The number of hydrogen-bond donors (Lipinski definition) is 2. The van der Waals surface area contributed by atoms with Crippen molar-refractivity contribution >= 4 is 5.97 Å². The monoisotopic (exact) mass is 202 g/mol. The summed E-state index contributed by atoms with van der Waals surface area (Å²) >= 11 is 0. The molecule has 5 nitrogen and oxygen atoms in total. The molecular formula is C9H18N2O3. The van der Waals surface area contributed by atoms with Crippen molar-refractivity contribution in [3.63, 3.8) is 0 Å². The van der Waals surface area contributed by atoms with E-state index in [0.29, 0.717) is 19.7 Å². The van der Waals surface area contributed by atoms with Gasteiger partial charge in [-0.2, -0.15) is 0 Å².